The van der Waals surface area contributed by atoms with Crippen molar-refractivity contribution in [1.29, 1.82) is 0 Å². The lowest BCUT2D eigenvalue weighted by molar-refractivity contribution is 0.187. The molecule has 1 aliphatic heterocycles. The van der Waals surface area contributed by atoms with Crippen molar-refractivity contribution < 1.29 is 4.42 Å². The van der Waals surface area contributed by atoms with E-state index in [1.165, 1.54) is 11.1 Å². The molecule has 0 radical (unpaired) electrons. The SMILES string of the molecule is N[C@@H]1c2ccccc2CC12CCN(c1cc3oc(-c4cccc(Cl)c4Cl)nc3cn1)CC2. The predicted molar refractivity (Wildman–Crippen MR) is 128 cm³/mol. The number of oxazole rings is 1. The van der Waals surface area contributed by atoms with Gasteiger partial charge in [-0.25, -0.2) is 9.97 Å². The molecule has 162 valence electrons. The van der Waals surface area contributed by atoms with Crippen LogP contribution in [0.3, 0.4) is 0 Å². The van der Waals surface area contributed by atoms with Gasteiger partial charge in [-0.05, 0) is 47.9 Å². The zero-order valence-corrected chi connectivity index (χ0v) is 18.9. The highest BCUT2D eigenvalue weighted by molar-refractivity contribution is 6.43. The molecule has 1 atom stereocenters. The largest absolute Gasteiger partial charge is 0.436 e. The maximum absolute atomic E-state index is 6.72. The Labute approximate surface area is 196 Å². The third-order valence-electron chi connectivity index (χ3n) is 7.12. The molecule has 3 heterocycles. The van der Waals surface area contributed by atoms with Gasteiger partial charge in [-0.3, -0.25) is 0 Å². The number of anilines is 1. The van der Waals surface area contributed by atoms with E-state index in [0.717, 1.165) is 38.2 Å². The number of hydrogen-bond donors (Lipinski definition) is 1. The van der Waals surface area contributed by atoms with Crippen molar-refractivity contribution in [3.8, 4) is 11.5 Å². The molecular weight excluding hydrogens is 443 g/mol. The molecule has 2 aromatic carbocycles. The predicted octanol–water partition coefficient (Wildman–Crippen LogP) is 6.04. The van der Waals surface area contributed by atoms with Crippen LogP contribution in [-0.2, 0) is 6.42 Å². The maximum Gasteiger partial charge on any atom is 0.228 e. The van der Waals surface area contributed by atoms with Gasteiger partial charge in [0, 0.05) is 25.2 Å². The van der Waals surface area contributed by atoms with E-state index in [1.54, 1.807) is 12.3 Å². The van der Waals surface area contributed by atoms with Gasteiger partial charge in [0.15, 0.2) is 5.58 Å². The zero-order chi connectivity index (χ0) is 21.9. The number of fused-ring (bicyclic) bond motifs is 2. The van der Waals surface area contributed by atoms with Gasteiger partial charge in [-0.15, -0.1) is 0 Å². The molecule has 2 aromatic heterocycles. The van der Waals surface area contributed by atoms with Crippen molar-refractivity contribution in [2.75, 3.05) is 18.0 Å². The van der Waals surface area contributed by atoms with Gasteiger partial charge < -0.3 is 15.1 Å². The quantitative estimate of drug-likeness (QED) is 0.391. The summed E-state index contributed by atoms with van der Waals surface area (Å²) in [4.78, 5) is 11.5. The summed E-state index contributed by atoms with van der Waals surface area (Å²) >= 11 is 12.5. The van der Waals surface area contributed by atoms with Gasteiger partial charge in [0.25, 0.3) is 0 Å². The van der Waals surface area contributed by atoms with E-state index in [0.29, 0.717) is 32.6 Å². The minimum absolute atomic E-state index is 0.107. The molecule has 0 saturated carbocycles. The topological polar surface area (TPSA) is 68.2 Å². The first kappa shape index (κ1) is 20.0. The normalized spacial score (nSPS) is 19.6. The van der Waals surface area contributed by atoms with E-state index in [1.807, 2.05) is 18.2 Å². The lowest BCUT2D eigenvalue weighted by atomic mass is 9.73. The van der Waals surface area contributed by atoms with Crippen LogP contribution >= 0.6 is 23.2 Å². The molecule has 1 saturated heterocycles. The smallest absolute Gasteiger partial charge is 0.228 e. The third kappa shape index (κ3) is 3.11. The van der Waals surface area contributed by atoms with Gasteiger partial charge in [0.2, 0.25) is 5.89 Å². The Morgan fingerprint density at radius 2 is 1.88 bits per heavy atom. The second-order valence-electron chi connectivity index (χ2n) is 8.83. The Bertz CT molecular complexity index is 1330. The van der Waals surface area contributed by atoms with Gasteiger partial charge in [0.05, 0.1) is 21.8 Å². The molecule has 1 fully saturated rings. The number of hydrogen-bond acceptors (Lipinski definition) is 5. The molecule has 0 amide bonds. The second-order valence-corrected chi connectivity index (χ2v) is 9.62. The van der Waals surface area contributed by atoms with Crippen LogP contribution in [0.25, 0.3) is 22.6 Å². The molecule has 2 aliphatic rings. The fourth-order valence-electron chi connectivity index (χ4n) is 5.27. The van der Waals surface area contributed by atoms with Crippen LogP contribution < -0.4 is 10.6 Å². The number of piperidine rings is 1. The summed E-state index contributed by atoms with van der Waals surface area (Å²) in [5, 5.41) is 0.906. The van der Waals surface area contributed by atoms with E-state index < -0.39 is 0 Å². The molecular formula is C25H22Cl2N4O. The molecule has 2 N–H and O–H groups in total. The van der Waals surface area contributed by atoms with Gasteiger partial charge in [-0.2, -0.15) is 0 Å². The molecule has 1 aliphatic carbocycles. The van der Waals surface area contributed by atoms with E-state index in [4.69, 9.17) is 33.4 Å². The summed E-state index contributed by atoms with van der Waals surface area (Å²) < 4.78 is 6.03. The molecule has 7 heteroatoms. The molecule has 0 bridgehead atoms. The van der Waals surface area contributed by atoms with Crippen LogP contribution in [0.5, 0.6) is 0 Å². The van der Waals surface area contributed by atoms with Crippen molar-refractivity contribution in [3.05, 3.63) is 75.9 Å². The minimum Gasteiger partial charge on any atom is -0.436 e. The Morgan fingerprint density at radius 3 is 2.69 bits per heavy atom. The fraction of sp³-hybridized carbons (Fsp3) is 0.280. The highest BCUT2D eigenvalue weighted by atomic mass is 35.5. The van der Waals surface area contributed by atoms with E-state index in [2.05, 4.69) is 39.1 Å². The van der Waals surface area contributed by atoms with Gasteiger partial charge >= 0.3 is 0 Å². The van der Waals surface area contributed by atoms with Crippen LogP contribution in [0.15, 0.2) is 59.1 Å². The average Bonchev–Trinajstić information content (AvgIpc) is 3.35. The molecule has 32 heavy (non-hydrogen) atoms. The molecule has 6 rings (SSSR count). The number of rotatable bonds is 2. The second kappa shape index (κ2) is 7.48. The third-order valence-corrected chi connectivity index (χ3v) is 7.94. The summed E-state index contributed by atoms with van der Waals surface area (Å²) in [5.74, 6) is 1.34. The first-order chi connectivity index (χ1) is 15.5. The summed E-state index contributed by atoms with van der Waals surface area (Å²) in [7, 11) is 0. The minimum atomic E-state index is 0.107. The van der Waals surface area contributed by atoms with Gasteiger partial charge in [-0.1, -0.05) is 53.5 Å². The molecule has 5 nitrogen and oxygen atoms in total. The zero-order valence-electron chi connectivity index (χ0n) is 17.4. The van der Waals surface area contributed by atoms with Crippen LogP contribution in [-0.4, -0.2) is 23.1 Å². The Morgan fingerprint density at radius 1 is 1.06 bits per heavy atom. The average molecular weight is 465 g/mol. The first-order valence-corrected chi connectivity index (χ1v) is 11.6. The monoisotopic (exact) mass is 464 g/mol. The Hall–Kier alpha value is -2.60. The number of nitrogens with two attached hydrogens (primary N) is 1. The molecule has 0 unspecified atom stereocenters. The number of nitrogens with zero attached hydrogens (tertiary/aromatic N) is 3. The lowest BCUT2D eigenvalue weighted by Gasteiger charge is -2.42. The Kier molecular flexibility index (Phi) is 4.68. The standard InChI is InChI=1S/C25H22Cl2N4O/c26-18-7-3-6-17(22(18)27)24-30-19-14-29-21(12-20(19)32-24)31-10-8-25(9-11-31)13-15-4-1-2-5-16(15)23(25)28/h1-7,12,14,23H,8-11,13,28H2/t23-/m1/s1. The van der Waals surface area contributed by atoms with Crippen molar-refractivity contribution in [2.24, 2.45) is 11.1 Å². The van der Waals surface area contributed by atoms with Crippen molar-refractivity contribution in [3.63, 3.8) is 0 Å². The molecule has 1 spiro atoms. The summed E-state index contributed by atoms with van der Waals surface area (Å²) in [6.45, 7) is 1.84. The van der Waals surface area contributed by atoms with Crippen LogP contribution in [0, 0.1) is 5.41 Å². The van der Waals surface area contributed by atoms with Crippen LogP contribution in [0.4, 0.5) is 5.82 Å². The highest BCUT2D eigenvalue weighted by Crippen LogP contribution is 2.51. The van der Waals surface area contributed by atoms with E-state index in [9.17, 15) is 0 Å². The van der Waals surface area contributed by atoms with Crippen molar-refractivity contribution >= 4 is 40.1 Å². The van der Waals surface area contributed by atoms with E-state index >= 15 is 0 Å². The highest BCUT2D eigenvalue weighted by Gasteiger charge is 2.45. The number of halogens is 2. The van der Waals surface area contributed by atoms with E-state index in [-0.39, 0.29) is 11.5 Å². The van der Waals surface area contributed by atoms with Crippen LogP contribution in [0.2, 0.25) is 10.0 Å². The summed E-state index contributed by atoms with van der Waals surface area (Å²) in [6, 6.07) is 16.1. The Balaban J connectivity index is 1.24. The van der Waals surface area contributed by atoms with Crippen LogP contribution in [0.1, 0.15) is 30.0 Å². The maximum atomic E-state index is 6.72. The van der Waals surface area contributed by atoms with Crippen molar-refractivity contribution in [1.82, 2.24) is 9.97 Å². The summed E-state index contributed by atoms with van der Waals surface area (Å²) in [6.07, 6.45) is 4.92. The number of aromatic nitrogens is 2. The number of benzene rings is 2. The molecule has 4 aromatic rings. The first-order valence-electron chi connectivity index (χ1n) is 10.8. The number of pyridine rings is 1. The van der Waals surface area contributed by atoms with Gasteiger partial charge in [0.1, 0.15) is 11.3 Å². The lowest BCUT2D eigenvalue weighted by Crippen LogP contribution is -2.44. The summed E-state index contributed by atoms with van der Waals surface area (Å²) in [5.41, 5.74) is 11.6. The van der Waals surface area contributed by atoms with Crippen molar-refractivity contribution in [2.45, 2.75) is 25.3 Å². The fourth-order valence-corrected chi connectivity index (χ4v) is 5.65.